The minimum atomic E-state index is 0. The summed E-state index contributed by atoms with van der Waals surface area (Å²) < 4.78 is 0. The molecular formula is C10H15Hf. The quantitative estimate of drug-likeness (QED) is 0.603. The van der Waals surface area contributed by atoms with Gasteiger partial charge in [-0.25, -0.2) is 0 Å². The van der Waals surface area contributed by atoms with E-state index in [1.165, 1.54) is 19.3 Å². The monoisotopic (exact) mass is 315 g/mol. The summed E-state index contributed by atoms with van der Waals surface area (Å²) in [6, 6.07) is 0. The Morgan fingerprint density at radius 3 is 1.36 bits per heavy atom. The Balaban J connectivity index is 0.000000480. The molecule has 0 aliphatic heterocycles. The molecule has 4 aliphatic carbocycles. The van der Waals surface area contributed by atoms with Gasteiger partial charge in [-0.1, -0.05) is 0 Å². The molecule has 0 saturated heterocycles. The molecule has 0 spiro atoms. The van der Waals surface area contributed by atoms with Crippen LogP contribution in [-0.4, -0.2) is 0 Å². The summed E-state index contributed by atoms with van der Waals surface area (Å²) in [6.45, 7) is 0. The van der Waals surface area contributed by atoms with Crippen molar-refractivity contribution in [3.05, 3.63) is 5.92 Å². The van der Waals surface area contributed by atoms with Gasteiger partial charge in [-0.3, -0.25) is 0 Å². The molecule has 4 aliphatic rings. The molecule has 0 nitrogen and oxygen atoms in total. The molecule has 0 aromatic heterocycles. The van der Waals surface area contributed by atoms with Crippen molar-refractivity contribution in [2.24, 2.45) is 17.8 Å². The Labute approximate surface area is 87.9 Å². The maximum atomic E-state index is 1.93. The van der Waals surface area contributed by atoms with E-state index < -0.39 is 0 Å². The van der Waals surface area contributed by atoms with Crippen molar-refractivity contribution in [1.29, 1.82) is 0 Å². The van der Waals surface area contributed by atoms with Crippen molar-refractivity contribution in [3.63, 3.8) is 0 Å². The molecule has 4 bridgehead atoms. The van der Waals surface area contributed by atoms with Gasteiger partial charge in [-0.2, -0.15) is 0 Å². The molecule has 0 heterocycles. The molecular weight excluding hydrogens is 299 g/mol. The van der Waals surface area contributed by atoms with Crippen molar-refractivity contribution in [3.8, 4) is 0 Å². The van der Waals surface area contributed by atoms with Crippen molar-refractivity contribution in [2.75, 3.05) is 0 Å². The van der Waals surface area contributed by atoms with E-state index in [2.05, 4.69) is 0 Å². The molecule has 11 heavy (non-hydrogen) atoms. The van der Waals surface area contributed by atoms with Crippen LogP contribution in [0.2, 0.25) is 0 Å². The Morgan fingerprint density at radius 2 is 1.09 bits per heavy atom. The van der Waals surface area contributed by atoms with E-state index in [1.807, 2.05) is 5.92 Å². The van der Waals surface area contributed by atoms with Crippen LogP contribution in [0.3, 0.4) is 0 Å². The van der Waals surface area contributed by atoms with Gasteiger partial charge >= 0.3 is 0 Å². The minimum absolute atomic E-state index is 0. The van der Waals surface area contributed by atoms with Crippen LogP contribution < -0.4 is 0 Å². The Hall–Kier alpha value is 0.870. The summed E-state index contributed by atoms with van der Waals surface area (Å²) in [5.41, 5.74) is 0. The SMILES string of the molecule is C1[C]2CC3CC1CC(C2)C3.[Hf]. The van der Waals surface area contributed by atoms with Crippen molar-refractivity contribution < 1.29 is 25.8 Å². The molecule has 0 amide bonds. The second kappa shape index (κ2) is 2.97. The fraction of sp³-hybridized carbons (Fsp3) is 0.900. The third-order valence-electron chi connectivity index (χ3n) is 3.73. The van der Waals surface area contributed by atoms with Gasteiger partial charge in [0.15, 0.2) is 0 Å². The molecule has 0 unspecified atom stereocenters. The summed E-state index contributed by atoms with van der Waals surface area (Å²) in [4.78, 5) is 0. The van der Waals surface area contributed by atoms with Gasteiger partial charge in [0.05, 0.1) is 0 Å². The fourth-order valence-corrected chi connectivity index (χ4v) is 3.68. The average Bonchev–Trinajstić information content (AvgIpc) is 1.82. The molecule has 4 fully saturated rings. The van der Waals surface area contributed by atoms with Crippen molar-refractivity contribution in [1.82, 2.24) is 0 Å². The Kier molecular flexibility index (Phi) is 2.29. The Bertz CT molecular complexity index is 96.4. The maximum Gasteiger partial charge on any atom is 0 e. The predicted molar refractivity (Wildman–Crippen MR) is 41.4 cm³/mol. The molecule has 4 saturated carbocycles. The van der Waals surface area contributed by atoms with E-state index in [-0.39, 0.29) is 25.8 Å². The van der Waals surface area contributed by atoms with Gasteiger partial charge in [-0.15, -0.1) is 0 Å². The van der Waals surface area contributed by atoms with Gasteiger partial charge in [0.1, 0.15) is 0 Å². The van der Waals surface area contributed by atoms with E-state index in [9.17, 15) is 0 Å². The van der Waals surface area contributed by atoms with Crippen LogP contribution in [0.25, 0.3) is 0 Å². The predicted octanol–water partition coefficient (Wildman–Crippen LogP) is 2.79. The van der Waals surface area contributed by atoms with Gasteiger partial charge in [0.2, 0.25) is 0 Å². The van der Waals surface area contributed by atoms with E-state index in [0.29, 0.717) is 0 Å². The van der Waals surface area contributed by atoms with Crippen LogP contribution in [0.4, 0.5) is 0 Å². The van der Waals surface area contributed by atoms with E-state index in [0.717, 1.165) is 17.8 Å². The van der Waals surface area contributed by atoms with Gasteiger partial charge in [0.25, 0.3) is 0 Å². The van der Waals surface area contributed by atoms with Crippen LogP contribution in [0.15, 0.2) is 0 Å². The summed E-state index contributed by atoms with van der Waals surface area (Å²) in [6.07, 6.45) is 9.31. The molecule has 0 N–H and O–H groups in total. The third kappa shape index (κ3) is 1.38. The first-order valence-electron chi connectivity index (χ1n) is 4.73. The first-order valence-corrected chi connectivity index (χ1v) is 4.73. The second-order valence-electron chi connectivity index (χ2n) is 4.67. The van der Waals surface area contributed by atoms with Crippen molar-refractivity contribution in [2.45, 2.75) is 38.5 Å². The summed E-state index contributed by atoms with van der Waals surface area (Å²) in [5, 5.41) is 0. The molecule has 4 rings (SSSR count). The minimum Gasteiger partial charge on any atom is -0.0475 e. The molecule has 1 heteroatoms. The standard InChI is InChI=1S/C10H15.Hf/c1-7-2-9-4-8(1)5-10(3-7)6-9;/h7-9H,1-6H2;. The maximum absolute atomic E-state index is 1.93. The van der Waals surface area contributed by atoms with Gasteiger partial charge in [0, 0.05) is 25.8 Å². The molecule has 1 radical (unpaired) electrons. The largest absolute Gasteiger partial charge is 0.0475 e. The molecule has 0 aromatic carbocycles. The molecule has 59 valence electrons. The van der Waals surface area contributed by atoms with Crippen molar-refractivity contribution >= 4 is 0 Å². The average molecular weight is 314 g/mol. The third-order valence-corrected chi connectivity index (χ3v) is 3.73. The molecule has 0 atom stereocenters. The first-order chi connectivity index (χ1) is 4.90. The fourth-order valence-electron chi connectivity index (χ4n) is 3.68. The first kappa shape index (κ1) is 8.47. The number of hydrogen-bond acceptors (Lipinski definition) is 0. The van der Waals surface area contributed by atoms with Crippen LogP contribution in [0, 0.1) is 23.7 Å². The number of hydrogen-bond donors (Lipinski definition) is 0. The zero-order valence-corrected chi connectivity index (χ0v) is 10.6. The van der Waals surface area contributed by atoms with Gasteiger partial charge in [-0.05, 0) is 62.2 Å². The van der Waals surface area contributed by atoms with Crippen LogP contribution in [-0.2, 0) is 25.8 Å². The topological polar surface area (TPSA) is 0 Å². The van der Waals surface area contributed by atoms with E-state index >= 15 is 0 Å². The van der Waals surface area contributed by atoms with Crippen LogP contribution in [0.5, 0.6) is 0 Å². The summed E-state index contributed by atoms with van der Waals surface area (Å²) in [5.74, 6) is 5.35. The smallest absolute Gasteiger partial charge is 0 e. The second-order valence-corrected chi connectivity index (χ2v) is 4.67. The van der Waals surface area contributed by atoms with E-state index in [1.54, 1.807) is 19.3 Å². The zero-order valence-electron chi connectivity index (χ0n) is 6.97. The van der Waals surface area contributed by atoms with Gasteiger partial charge < -0.3 is 0 Å². The molecule has 0 aromatic rings. The summed E-state index contributed by atoms with van der Waals surface area (Å²) in [7, 11) is 0. The summed E-state index contributed by atoms with van der Waals surface area (Å²) >= 11 is 0. The van der Waals surface area contributed by atoms with Crippen LogP contribution >= 0.6 is 0 Å². The Morgan fingerprint density at radius 1 is 0.727 bits per heavy atom. The van der Waals surface area contributed by atoms with E-state index in [4.69, 9.17) is 0 Å². The normalized spacial score (nSPS) is 47.5. The van der Waals surface area contributed by atoms with Crippen LogP contribution in [0.1, 0.15) is 38.5 Å². The number of rotatable bonds is 0. The zero-order chi connectivity index (χ0) is 6.55.